The summed E-state index contributed by atoms with van der Waals surface area (Å²) in [6.07, 6.45) is -1.33. The Bertz CT molecular complexity index is 1280. The molecular weight excluding hydrogens is 487 g/mol. The maximum Gasteiger partial charge on any atom is 0.490 e. The van der Waals surface area contributed by atoms with Crippen LogP contribution in [0.5, 0.6) is 5.75 Å². The third-order valence-electron chi connectivity index (χ3n) is 5.71. The number of thiophene rings is 1. The summed E-state index contributed by atoms with van der Waals surface area (Å²) < 4.78 is 39.7. The molecule has 1 saturated heterocycles. The molecule has 2 aromatic heterocycles. The number of nitrogens with zero attached hydrogens (tertiary/aromatic N) is 2. The zero-order valence-corrected chi connectivity index (χ0v) is 20.1. The highest BCUT2D eigenvalue weighted by atomic mass is 32.1. The molecule has 3 heterocycles. The lowest BCUT2D eigenvalue weighted by Gasteiger charge is -2.26. The SMILES string of the molecule is COc1c(C(=O)NCCN2CCCCC2)sc2c1c(=O)n(C)c1ccccc21.O=C(O)C(F)(F)F. The Hall–Kier alpha value is -3.12. The molecule has 12 heteroatoms. The fourth-order valence-corrected chi connectivity index (χ4v) is 5.18. The first-order valence-corrected chi connectivity index (χ1v) is 11.8. The molecule has 0 spiro atoms. The lowest BCUT2D eigenvalue weighted by Crippen LogP contribution is -2.37. The van der Waals surface area contributed by atoms with Crippen LogP contribution in [0.2, 0.25) is 0 Å². The number of aliphatic carboxylic acids is 1. The van der Waals surface area contributed by atoms with E-state index < -0.39 is 12.1 Å². The Morgan fingerprint density at radius 1 is 1.17 bits per heavy atom. The number of likely N-dealkylation sites (tertiary alicyclic amines) is 1. The van der Waals surface area contributed by atoms with Crippen LogP contribution in [0.3, 0.4) is 0 Å². The number of piperidine rings is 1. The van der Waals surface area contributed by atoms with Crippen LogP contribution < -0.4 is 15.6 Å². The summed E-state index contributed by atoms with van der Waals surface area (Å²) in [5.41, 5.74) is 0.704. The van der Waals surface area contributed by atoms with Crippen molar-refractivity contribution < 1.29 is 32.6 Å². The molecule has 8 nitrogen and oxygen atoms in total. The molecule has 3 aromatic rings. The van der Waals surface area contributed by atoms with Crippen molar-refractivity contribution in [2.24, 2.45) is 7.05 Å². The van der Waals surface area contributed by atoms with Crippen molar-refractivity contribution in [3.8, 4) is 5.75 Å². The van der Waals surface area contributed by atoms with E-state index in [1.165, 1.54) is 37.7 Å². The van der Waals surface area contributed by atoms with Gasteiger partial charge >= 0.3 is 12.1 Å². The molecule has 1 aromatic carbocycles. The molecule has 0 bridgehead atoms. The van der Waals surface area contributed by atoms with Gasteiger partial charge in [0.05, 0.1) is 17.3 Å². The van der Waals surface area contributed by atoms with Crippen molar-refractivity contribution in [3.05, 3.63) is 39.5 Å². The molecule has 190 valence electrons. The normalized spacial score (nSPS) is 14.4. The maximum atomic E-state index is 12.9. The van der Waals surface area contributed by atoms with E-state index in [1.807, 2.05) is 24.3 Å². The van der Waals surface area contributed by atoms with E-state index in [4.69, 9.17) is 14.6 Å². The van der Waals surface area contributed by atoms with E-state index in [1.54, 1.807) is 11.6 Å². The van der Waals surface area contributed by atoms with E-state index in [-0.39, 0.29) is 11.5 Å². The second-order valence-electron chi connectivity index (χ2n) is 8.01. The first-order chi connectivity index (χ1) is 16.6. The van der Waals surface area contributed by atoms with Gasteiger partial charge in [-0.3, -0.25) is 9.59 Å². The van der Waals surface area contributed by atoms with Gasteiger partial charge < -0.3 is 24.6 Å². The maximum absolute atomic E-state index is 12.9. The average molecular weight is 514 g/mol. The largest absolute Gasteiger partial charge is 0.494 e. The fourth-order valence-electron chi connectivity index (χ4n) is 3.97. The van der Waals surface area contributed by atoms with Gasteiger partial charge in [-0.2, -0.15) is 13.2 Å². The van der Waals surface area contributed by atoms with Gasteiger partial charge in [0.1, 0.15) is 10.3 Å². The average Bonchev–Trinajstić information content (AvgIpc) is 3.23. The molecule has 4 rings (SSSR count). The molecule has 35 heavy (non-hydrogen) atoms. The Balaban J connectivity index is 0.000000429. The van der Waals surface area contributed by atoms with Gasteiger partial charge in [-0.25, -0.2) is 4.79 Å². The van der Waals surface area contributed by atoms with Gasteiger partial charge in [0.25, 0.3) is 11.5 Å². The van der Waals surface area contributed by atoms with Gasteiger partial charge in [-0.05, 0) is 32.0 Å². The summed E-state index contributed by atoms with van der Waals surface area (Å²) in [5.74, 6) is -2.56. The lowest BCUT2D eigenvalue weighted by molar-refractivity contribution is -0.192. The van der Waals surface area contributed by atoms with E-state index in [0.29, 0.717) is 22.6 Å². The third-order valence-corrected chi connectivity index (χ3v) is 6.91. The number of fused-ring (bicyclic) bond motifs is 3. The van der Waals surface area contributed by atoms with Crippen LogP contribution in [0.25, 0.3) is 21.0 Å². The summed E-state index contributed by atoms with van der Waals surface area (Å²) in [6.45, 7) is 3.65. The molecular formula is C23H26F3N3O5S. The number of amides is 1. The van der Waals surface area contributed by atoms with Crippen LogP contribution in [-0.2, 0) is 11.8 Å². The van der Waals surface area contributed by atoms with Gasteiger partial charge in [-0.1, -0.05) is 24.6 Å². The van der Waals surface area contributed by atoms with Gasteiger partial charge in [0.15, 0.2) is 5.75 Å². The predicted octanol–water partition coefficient (Wildman–Crippen LogP) is 3.61. The second-order valence-corrected chi connectivity index (χ2v) is 9.03. The Kier molecular flexibility index (Phi) is 8.39. The molecule has 1 aliphatic heterocycles. The Morgan fingerprint density at radius 3 is 2.40 bits per heavy atom. The van der Waals surface area contributed by atoms with Crippen LogP contribution in [0.15, 0.2) is 29.1 Å². The number of aromatic nitrogens is 1. The van der Waals surface area contributed by atoms with Crippen molar-refractivity contribution in [2.75, 3.05) is 33.3 Å². The molecule has 1 aliphatic rings. The molecule has 0 unspecified atom stereocenters. The minimum Gasteiger partial charge on any atom is -0.494 e. The summed E-state index contributed by atoms with van der Waals surface area (Å²) in [5, 5.41) is 11.6. The van der Waals surface area contributed by atoms with Crippen LogP contribution in [-0.4, -0.2) is 65.9 Å². The monoisotopic (exact) mass is 513 g/mol. The number of alkyl halides is 3. The van der Waals surface area contributed by atoms with Gasteiger partial charge in [-0.15, -0.1) is 11.3 Å². The van der Waals surface area contributed by atoms with Crippen molar-refractivity contribution >= 4 is 44.2 Å². The summed E-state index contributed by atoms with van der Waals surface area (Å²) >= 11 is 1.33. The quantitative estimate of drug-likeness (QED) is 0.541. The number of carbonyl (C=O) groups excluding carboxylic acids is 1. The number of aryl methyl sites for hydroxylation is 1. The number of carbonyl (C=O) groups is 2. The third kappa shape index (κ3) is 5.93. The smallest absolute Gasteiger partial charge is 0.490 e. The number of carboxylic acid groups (broad SMARTS) is 1. The summed E-state index contributed by atoms with van der Waals surface area (Å²) in [6, 6.07) is 7.75. The lowest BCUT2D eigenvalue weighted by atomic mass is 10.1. The number of hydrogen-bond acceptors (Lipinski definition) is 6. The topological polar surface area (TPSA) is 101 Å². The van der Waals surface area contributed by atoms with Crippen molar-refractivity contribution in [2.45, 2.75) is 25.4 Å². The van der Waals surface area contributed by atoms with Crippen LogP contribution in [0.1, 0.15) is 28.9 Å². The van der Waals surface area contributed by atoms with Crippen molar-refractivity contribution in [3.63, 3.8) is 0 Å². The molecule has 1 fully saturated rings. The molecule has 2 N–H and O–H groups in total. The Morgan fingerprint density at radius 2 is 1.80 bits per heavy atom. The van der Waals surface area contributed by atoms with Crippen LogP contribution in [0, 0.1) is 0 Å². The number of carboxylic acids is 1. The van der Waals surface area contributed by atoms with E-state index >= 15 is 0 Å². The first-order valence-electron chi connectivity index (χ1n) is 10.9. The number of pyridine rings is 1. The molecule has 0 saturated carbocycles. The van der Waals surface area contributed by atoms with Gasteiger partial charge in [0, 0.05) is 25.5 Å². The molecule has 0 aliphatic carbocycles. The number of ether oxygens (including phenoxy) is 1. The second kappa shape index (κ2) is 11.1. The number of benzene rings is 1. The fraction of sp³-hybridized carbons (Fsp3) is 0.435. The number of halogens is 3. The number of nitrogens with one attached hydrogen (secondary N) is 1. The predicted molar refractivity (Wildman–Crippen MR) is 127 cm³/mol. The molecule has 0 radical (unpaired) electrons. The number of para-hydroxylation sites is 1. The zero-order chi connectivity index (χ0) is 25.8. The molecule has 1 amide bonds. The highest BCUT2D eigenvalue weighted by molar-refractivity contribution is 7.22. The van der Waals surface area contributed by atoms with E-state index in [0.717, 1.165) is 35.2 Å². The van der Waals surface area contributed by atoms with Gasteiger partial charge in [0.2, 0.25) is 0 Å². The first kappa shape index (κ1) is 26.5. The van der Waals surface area contributed by atoms with E-state index in [9.17, 15) is 22.8 Å². The van der Waals surface area contributed by atoms with Crippen molar-refractivity contribution in [1.82, 2.24) is 14.8 Å². The summed E-state index contributed by atoms with van der Waals surface area (Å²) in [7, 11) is 3.26. The number of hydrogen-bond donors (Lipinski definition) is 2. The highest BCUT2D eigenvalue weighted by Gasteiger charge is 2.38. The number of rotatable bonds is 5. The summed E-state index contributed by atoms with van der Waals surface area (Å²) in [4.78, 5) is 37.5. The minimum atomic E-state index is -5.08. The van der Waals surface area contributed by atoms with Crippen LogP contribution >= 0.6 is 11.3 Å². The Labute approximate surface area is 202 Å². The zero-order valence-electron chi connectivity index (χ0n) is 19.3. The number of methoxy groups -OCH3 is 1. The van der Waals surface area contributed by atoms with E-state index in [2.05, 4.69) is 10.2 Å². The van der Waals surface area contributed by atoms with Crippen LogP contribution in [0.4, 0.5) is 13.2 Å². The highest BCUT2D eigenvalue weighted by Crippen LogP contribution is 2.39. The minimum absolute atomic E-state index is 0.144. The van der Waals surface area contributed by atoms with Crippen molar-refractivity contribution in [1.29, 1.82) is 0 Å². The molecule has 0 atom stereocenters. The standard InChI is InChI=1S/C21H25N3O3S.C2HF3O2/c1-23-15-9-5-4-8-14(15)18-16(21(23)26)17(27-2)19(28-18)20(25)22-10-13-24-11-6-3-7-12-24;3-2(4,5)1(6)7/h4-5,8-9H,3,6-7,10-13H2,1-2H3,(H,22,25);(H,6,7).